The zero-order valence-electron chi connectivity index (χ0n) is 9.29. The number of aliphatic carboxylic acids is 1. The van der Waals surface area contributed by atoms with E-state index in [-0.39, 0.29) is 0 Å². The van der Waals surface area contributed by atoms with Crippen molar-refractivity contribution >= 4 is 17.3 Å². The van der Waals surface area contributed by atoms with Crippen LogP contribution in [0.1, 0.15) is 6.92 Å². The van der Waals surface area contributed by atoms with E-state index < -0.39 is 12.1 Å². The highest BCUT2D eigenvalue weighted by Crippen LogP contribution is 2.24. The summed E-state index contributed by atoms with van der Waals surface area (Å²) < 4.78 is 5.25. The van der Waals surface area contributed by atoms with Crippen molar-refractivity contribution in [1.82, 2.24) is 0 Å². The van der Waals surface area contributed by atoms with E-state index in [0.29, 0.717) is 5.75 Å². The van der Waals surface area contributed by atoms with Crippen LogP contribution in [0.25, 0.3) is 11.1 Å². The summed E-state index contributed by atoms with van der Waals surface area (Å²) in [6.07, 6.45) is -0.831. The second kappa shape index (κ2) is 5.01. The fraction of sp³-hybridized carbons (Fsp3) is 0.154. The van der Waals surface area contributed by atoms with Crippen molar-refractivity contribution in [1.29, 1.82) is 0 Å². The third kappa shape index (κ3) is 2.85. The summed E-state index contributed by atoms with van der Waals surface area (Å²) in [4.78, 5) is 10.6. The van der Waals surface area contributed by atoms with E-state index in [1.807, 2.05) is 23.6 Å². The number of hydrogen-bond acceptors (Lipinski definition) is 3. The number of carboxylic acids is 1. The summed E-state index contributed by atoms with van der Waals surface area (Å²) in [6, 6.07) is 9.46. The van der Waals surface area contributed by atoms with E-state index in [0.717, 1.165) is 11.1 Å². The number of carboxylic acid groups (broad SMARTS) is 1. The minimum Gasteiger partial charge on any atom is -0.479 e. The maximum atomic E-state index is 10.6. The molecule has 4 heteroatoms. The van der Waals surface area contributed by atoms with Gasteiger partial charge in [0, 0.05) is 0 Å². The van der Waals surface area contributed by atoms with Gasteiger partial charge in [0.1, 0.15) is 5.75 Å². The number of hydrogen-bond donors (Lipinski definition) is 1. The average Bonchev–Trinajstić information content (AvgIpc) is 2.83. The Morgan fingerprint density at radius 1 is 1.24 bits per heavy atom. The molecule has 1 unspecified atom stereocenters. The number of carbonyl (C=O) groups is 1. The van der Waals surface area contributed by atoms with Crippen LogP contribution in [0.4, 0.5) is 0 Å². The van der Waals surface area contributed by atoms with Gasteiger partial charge in [0.2, 0.25) is 0 Å². The first-order valence-electron chi connectivity index (χ1n) is 5.19. The maximum absolute atomic E-state index is 10.6. The lowest BCUT2D eigenvalue weighted by molar-refractivity contribution is -0.144. The van der Waals surface area contributed by atoms with Gasteiger partial charge in [0.25, 0.3) is 0 Å². The van der Waals surface area contributed by atoms with Crippen molar-refractivity contribution in [3.05, 3.63) is 41.1 Å². The van der Waals surface area contributed by atoms with Crippen molar-refractivity contribution in [2.45, 2.75) is 13.0 Å². The highest BCUT2D eigenvalue weighted by Gasteiger charge is 2.12. The Balaban J connectivity index is 2.11. The predicted molar refractivity (Wildman–Crippen MR) is 67.5 cm³/mol. The zero-order valence-corrected chi connectivity index (χ0v) is 10.1. The molecule has 0 amide bonds. The molecule has 1 atom stereocenters. The van der Waals surface area contributed by atoms with Gasteiger partial charge in [-0.3, -0.25) is 0 Å². The monoisotopic (exact) mass is 248 g/mol. The molecule has 2 rings (SSSR count). The molecular formula is C13H12O3S. The zero-order chi connectivity index (χ0) is 12.3. The molecule has 0 radical (unpaired) electrons. The summed E-state index contributed by atoms with van der Waals surface area (Å²) >= 11 is 1.64. The molecule has 0 fully saturated rings. The van der Waals surface area contributed by atoms with Crippen LogP contribution >= 0.6 is 11.3 Å². The molecule has 0 bridgehead atoms. The van der Waals surface area contributed by atoms with Gasteiger partial charge in [0.15, 0.2) is 6.10 Å². The van der Waals surface area contributed by atoms with E-state index >= 15 is 0 Å². The van der Waals surface area contributed by atoms with Crippen LogP contribution < -0.4 is 4.74 Å². The molecule has 1 aromatic heterocycles. The summed E-state index contributed by atoms with van der Waals surface area (Å²) in [5, 5.41) is 12.8. The normalized spacial score (nSPS) is 12.1. The third-order valence-corrected chi connectivity index (χ3v) is 3.05. The lowest BCUT2D eigenvalue weighted by Gasteiger charge is -2.10. The fourth-order valence-corrected chi connectivity index (χ4v) is 2.07. The Kier molecular flexibility index (Phi) is 3.44. The van der Waals surface area contributed by atoms with E-state index in [1.165, 1.54) is 6.92 Å². The molecule has 0 saturated heterocycles. The number of rotatable bonds is 4. The van der Waals surface area contributed by atoms with Crippen molar-refractivity contribution in [3.63, 3.8) is 0 Å². The van der Waals surface area contributed by atoms with Crippen LogP contribution in [-0.4, -0.2) is 17.2 Å². The Morgan fingerprint density at radius 2 is 1.94 bits per heavy atom. The Labute approximate surface area is 103 Å². The molecule has 0 aliphatic carbocycles. The first-order chi connectivity index (χ1) is 8.16. The molecule has 1 aromatic carbocycles. The van der Waals surface area contributed by atoms with Crippen LogP contribution in [0.5, 0.6) is 5.75 Å². The molecule has 1 N–H and O–H groups in total. The molecule has 0 aliphatic rings. The molecule has 3 nitrogen and oxygen atoms in total. The summed E-state index contributed by atoms with van der Waals surface area (Å²) in [5.74, 6) is -0.397. The van der Waals surface area contributed by atoms with Crippen LogP contribution in [0, 0.1) is 0 Å². The van der Waals surface area contributed by atoms with Gasteiger partial charge in [-0.1, -0.05) is 12.1 Å². The first kappa shape index (κ1) is 11.7. The van der Waals surface area contributed by atoms with E-state index in [2.05, 4.69) is 5.38 Å². The molecule has 0 aliphatic heterocycles. The summed E-state index contributed by atoms with van der Waals surface area (Å²) in [5.41, 5.74) is 2.26. The molecule has 2 aromatic rings. The second-order valence-electron chi connectivity index (χ2n) is 3.63. The van der Waals surface area contributed by atoms with Crippen LogP contribution in [-0.2, 0) is 4.79 Å². The average molecular weight is 248 g/mol. The highest BCUT2D eigenvalue weighted by molar-refractivity contribution is 7.08. The van der Waals surface area contributed by atoms with Gasteiger partial charge in [-0.2, -0.15) is 11.3 Å². The standard InChI is InChI=1S/C13H12O3S/c1-9(13(14)15)16-12-4-2-10(3-5-12)11-6-7-17-8-11/h2-9H,1H3,(H,14,15). The Hall–Kier alpha value is -1.81. The Bertz CT molecular complexity index is 488. The van der Waals surface area contributed by atoms with Gasteiger partial charge in [0.05, 0.1) is 0 Å². The predicted octanol–water partition coefficient (Wildman–Crippen LogP) is 3.27. The number of ether oxygens (including phenoxy) is 1. The van der Waals surface area contributed by atoms with Gasteiger partial charge in [-0.25, -0.2) is 4.79 Å². The largest absolute Gasteiger partial charge is 0.479 e. The number of thiophene rings is 1. The molecule has 0 saturated carbocycles. The molecule has 88 valence electrons. The van der Waals surface area contributed by atoms with Crippen molar-refractivity contribution in [2.24, 2.45) is 0 Å². The molecule has 17 heavy (non-hydrogen) atoms. The topological polar surface area (TPSA) is 46.5 Å². The van der Waals surface area contributed by atoms with E-state index in [9.17, 15) is 4.79 Å². The van der Waals surface area contributed by atoms with Crippen molar-refractivity contribution in [2.75, 3.05) is 0 Å². The third-order valence-electron chi connectivity index (χ3n) is 2.37. The summed E-state index contributed by atoms with van der Waals surface area (Å²) in [6.45, 7) is 1.51. The lowest BCUT2D eigenvalue weighted by atomic mass is 10.1. The van der Waals surface area contributed by atoms with Gasteiger partial charge in [-0.15, -0.1) is 0 Å². The minimum absolute atomic E-state index is 0.568. The lowest BCUT2D eigenvalue weighted by Crippen LogP contribution is -2.22. The van der Waals surface area contributed by atoms with Crippen molar-refractivity contribution < 1.29 is 14.6 Å². The minimum atomic E-state index is -0.966. The van der Waals surface area contributed by atoms with E-state index in [4.69, 9.17) is 9.84 Å². The number of benzene rings is 1. The molecular weight excluding hydrogens is 236 g/mol. The van der Waals surface area contributed by atoms with Gasteiger partial charge >= 0.3 is 5.97 Å². The highest BCUT2D eigenvalue weighted by atomic mass is 32.1. The van der Waals surface area contributed by atoms with Crippen LogP contribution in [0.15, 0.2) is 41.1 Å². The van der Waals surface area contributed by atoms with Gasteiger partial charge < -0.3 is 9.84 Å². The SMILES string of the molecule is CC(Oc1ccc(-c2ccsc2)cc1)C(=O)O. The van der Waals surface area contributed by atoms with Crippen LogP contribution in [0.2, 0.25) is 0 Å². The molecule has 0 spiro atoms. The van der Waals surface area contributed by atoms with Gasteiger partial charge in [-0.05, 0) is 47.0 Å². The Morgan fingerprint density at radius 3 is 2.47 bits per heavy atom. The van der Waals surface area contributed by atoms with Crippen LogP contribution in [0.3, 0.4) is 0 Å². The summed E-state index contributed by atoms with van der Waals surface area (Å²) in [7, 11) is 0. The maximum Gasteiger partial charge on any atom is 0.344 e. The quantitative estimate of drug-likeness (QED) is 0.903. The second-order valence-corrected chi connectivity index (χ2v) is 4.41. The first-order valence-corrected chi connectivity index (χ1v) is 6.13. The van der Waals surface area contributed by atoms with Crippen molar-refractivity contribution in [3.8, 4) is 16.9 Å². The molecule has 1 heterocycles. The fourth-order valence-electron chi connectivity index (χ4n) is 1.41. The smallest absolute Gasteiger partial charge is 0.344 e. The van der Waals surface area contributed by atoms with E-state index in [1.54, 1.807) is 23.5 Å².